The summed E-state index contributed by atoms with van der Waals surface area (Å²) < 4.78 is 2.70. The molecule has 2 heteroatoms. The van der Waals surface area contributed by atoms with Crippen LogP contribution in [0.25, 0.3) is 96.6 Å². The molecule has 0 amide bonds. The third kappa shape index (κ3) is 4.12. The van der Waals surface area contributed by atoms with E-state index >= 15 is 0 Å². The fourth-order valence-electron chi connectivity index (χ4n) is 7.50. The van der Waals surface area contributed by atoms with Crippen molar-refractivity contribution in [1.82, 2.24) is 4.98 Å². The molecule has 0 saturated heterocycles. The van der Waals surface area contributed by atoms with Crippen LogP contribution in [0, 0.1) is 0 Å². The van der Waals surface area contributed by atoms with Crippen LogP contribution in [0.3, 0.4) is 0 Å². The zero-order valence-electron chi connectivity index (χ0n) is 25.4. The van der Waals surface area contributed by atoms with Gasteiger partial charge < -0.3 is 0 Å². The molecule has 0 aliphatic rings. The molecular weight excluding hydrogens is 587 g/mol. The fourth-order valence-corrected chi connectivity index (χ4v) is 8.72. The maximum absolute atomic E-state index is 4.62. The van der Waals surface area contributed by atoms with Crippen LogP contribution >= 0.6 is 11.3 Å². The molecule has 1 nitrogen and oxygen atoms in total. The van der Waals surface area contributed by atoms with Crippen molar-refractivity contribution in [2.24, 2.45) is 0 Å². The fraction of sp³-hybridized carbons (Fsp3) is 0. The molecule has 0 aliphatic carbocycles. The van der Waals surface area contributed by atoms with Crippen molar-refractivity contribution < 1.29 is 0 Å². The lowest BCUT2D eigenvalue weighted by atomic mass is 9.86. The number of nitrogens with zero attached hydrogens (tertiary/aromatic N) is 1. The summed E-state index contributed by atoms with van der Waals surface area (Å²) in [6.45, 7) is 0. The SMILES string of the molecule is c1ccc2cc(-c3c4ccccc4c(-c4ccc(-c5ccc6sc7c8ccccc8ccc7c6c5)cc4)c4ccncc34)ccc2c1. The summed E-state index contributed by atoms with van der Waals surface area (Å²) in [5.74, 6) is 0. The summed E-state index contributed by atoms with van der Waals surface area (Å²) in [4.78, 5) is 4.62. The second-order valence-electron chi connectivity index (χ2n) is 12.3. The van der Waals surface area contributed by atoms with E-state index in [1.165, 1.54) is 96.6 Å². The van der Waals surface area contributed by atoms with E-state index in [1.807, 2.05) is 23.7 Å². The molecule has 0 fully saturated rings. The van der Waals surface area contributed by atoms with Gasteiger partial charge in [0.25, 0.3) is 0 Å². The monoisotopic (exact) mass is 613 g/mol. The summed E-state index contributed by atoms with van der Waals surface area (Å²) in [7, 11) is 0. The van der Waals surface area contributed by atoms with E-state index in [-0.39, 0.29) is 0 Å². The maximum Gasteiger partial charge on any atom is 0.0433 e. The highest BCUT2D eigenvalue weighted by Gasteiger charge is 2.17. The van der Waals surface area contributed by atoms with Gasteiger partial charge in [0.2, 0.25) is 0 Å². The quantitative estimate of drug-likeness (QED) is 0.181. The van der Waals surface area contributed by atoms with E-state index in [2.05, 4.69) is 157 Å². The predicted octanol–water partition coefficient (Wildman–Crippen LogP) is 13.1. The Morgan fingerprint density at radius 1 is 0.362 bits per heavy atom. The molecular formula is C45H27NS. The van der Waals surface area contributed by atoms with E-state index in [4.69, 9.17) is 0 Å². The Morgan fingerprint density at radius 3 is 1.81 bits per heavy atom. The van der Waals surface area contributed by atoms with Gasteiger partial charge in [0.05, 0.1) is 0 Å². The zero-order chi connectivity index (χ0) is 30.9. The van der Waals surface area contributed by atoms with Gasteiger partial charge >= 0.3 is 0 Å². The topological polar surface area (TPSA) is 12.9 Å². The minimum Gasteiger partial charge on any atom is -0.264 e. The van der Waals surface area contributed by atoms with E-state index in [0.717, 1.165) is 0 Å². The highest BCUT2D eigenvalue weighted by molar-refractivity contribution is 7.26. The largest absolute Gasteiger partial charge is 0.264 e. The van der Waals surface area contributed by atoms with E-state index in [1.54, 1.807) is 0 Å². The molecule has 0 atom stereocenters. The normalized spacial score (nSPS) is 11.8. The predicted molar refractivity (Wildman–Crippen MR) is 203 cm³/mol. The molecule has 10 rings (SSSR count). The molecule has 0 N–H and O–H groups in total. The van der Waals surface area contributed by atoms with Crippen molar-refractivity contribution in [2.75, 3.05) is 0 Å². The van der Waals surface area contributed by atoms with Crippen LogP contribution in [0.5, 0.6) is 0 Å². The molecule has 47 heavy (non-hydrogen) atoms. The van der Waals surface area contributed by atoms with Gasteiger partial charge in [0.15, 0.2) is 0 Å². The number of hydrogen-bond acceptors (Lipinski definition) is 2. The number of hydrogen-bond donors (Lipinski definition) is 0. The Bertz CT molecular complexity index is 2780. The number of thiophene rings is 1. The molecule has 2 heterocycles. The second kappa shape index (κ2) is 10.3. The van der Waals surface area contributed by atoms with Crippen molar-refractivity contribution in [3.8, 4) is 33.4 Å². The number of rotatable bonds is 3. The van der Waals surface area contributed by atoms with Gasteiger partial charge in [0, 0.05) is 38.0 Å². The van der Waals surface area contributed by atoms with E-state index in [9.17, 15) is 0 Å². The molecule has 218 valence electrons. The summed E-state index contributed by atoms with van der Waals surface area (Å²) in [6.07, 6.45) is 3.95. The highest BCUT2D eigenvalue weighted by Crippen LogP contribution is 2.45. The van der Waals surface area contributed by atoms with Crippen molar-refractivity contribution in [2.45, 2.75) is 0 Å². The van der Waals surface area contributed by atoms with Gasteiger partial charge in [-0.15, -0.1) is 11.3 Å². The van der Waals surface area contributed by atoms with Crippen molar-refractivity contribution in [3.05, 3.63) is 164 Å². The van der Waals surface area contributed by atoms with Crippen molar-refractivity contribution >= 4 is 74.6 Å². The first-order valence-corrected chi connectivity index (χ1v) is 16.8. The Kier molecular flexibility index (Phi) is 5.81. The molecule has 0 saturated carbocycles. The highest BCUT2D eigenvalue weighted by atomic mass is 32.1. The van der Waals surface area contributed by atoms with Crippen LogP contribution in [-0.4, -0.2) is 4.98 Å². The number of benzene rings is 8. The lowest BCUT2D eigenvalue weighted by Crippen LogP contribution is -1.91. The lowest BCUT2D eigenvalue weighted by molar-refractivity contribution is 1.37. The zero-order valence-corrected chi connectivity index (χ0v) is 26.3. The molecule has 0 spiro atoms. The number of aromatic nitrogens is 1. The first-order valence-electron chi connectivity index (χ1n) is 16.0. The first kappa shape index (κ1) is 26.4. The summed E-state index contributed by atoms with van der Waals surface area (Å²) in [5.41, 5.74) is 7.37. The van der Waals surface area contributed by atoms with Crippen LogP contribution in [-0.2, 0) is 0 Å². The Hall–Kier alpha value is -5.83. The summed E-state index contributed by atoms with van der Waals surface area (Å²) in [5, 5.41) is 12.7. The number of pyridine rings is 1. The Labute approximate surface area is 276 Å². The van der Waals surface area contributed by atoms with Crippen molar-refractivity contribution in [1.29, 1.82) is 0 Å². The minimum atomic E-state index is 1.17. The molecule has 0 radical (unpaired) electrons. The maximum atomic E-state index is 4.62. The van der Waals surface area contributed by atoms with Gasteiger partial charge in [0.1, 0.15) is 0 Å². The molecule has 0 bridgehead atoms. The summed E-state index contributed by atoms with van der Waals surface area (Å²) >= 11 is 1.89. The molecule has 2 aromatic heterocycles. The number of fused-ring (bicyclic) bond motifs is 8. The van der Waals surface area contributed by atoms with Crippen LogP contribution in [0.15, 0.2) is 164 Å². The van der Waals surface area contributed by atoms with Gasteiger partial charge in [-0.2, -0.15) is 0 Å². The molecule has 0 unspecified atom stereocenters. The van der Waals surface area contributed by atoms with E-state index in [0.29, 0.717) is 0 Å². The van der Waals surface area contributed by atoms with Gasteiger partial charge in [-0.1, -0.05) is 127 Å². The van der Waals surface area contributed by atoms with Gasteiger partial charge in [-0.3, -0.25) is 4.98 Å². The van der Waals surface area contributed by atoms with Gasteiger partial charge in [-0.05, 0) is 95.3 Å². The van der Waals surface area contributed by atoms with Gasteiger partial charge in [-0.25, -0.2) is 0 Å². The average Bonchev–Trinajstić information content (AvgIpc) is 3.52. The van der Waals surface area contributed by atoms with Crippen molar-refractivity contribution in [3.63, 3.8) is 0 Å². The van der Waals surface area contributed by atoms with Crippen LogP contribution in [0.2, 0.25) is 0 Å². The smallest absolute Gasteiger partial charge is 0.0433 e. The third-order valence-corrected chi connectivity index (χ3v) is 11.0. The van der Waals surface area contributed by atoms with Crippen LogP contribution in [0.4, 0.5) is 0 Å². The minimum absolute atomic E-state index is 1.17. The van der Waals surface area contributed by atoms with Crippen LogP contribution < -0.4 is 0 Å². The Morgan fingerprint density at radius 2 is 0.979 bits per heavy atom. The lowest BCUT2D eigenvalue weighted by Gasteiger charge is -2.18. The second-order valence-corrected chi connectivity index (χ2v) is 13.4. The first-order chi connectivity index (χ1) is 23.3. The average molecular weight is 614 g/mol. The Balaban J connectivity index is 1.13. The molecule has 10 aromatic rings. The summed E-state index contributed by atoms with van der Waals surface area (Å²) in [6, 6.07) is 55.7. The molecule has 8 aromatic carbocycles. The standard InChI is InChI=1S/C45H27NS/c1-2-9-32-25-34(18-15-28(32)7-1)44-37-12-6-5-11-36(37)43(38-23-24-46-27-41(38)44)31-16-13-29(14-17-31)33-20-22-42-40(26-33)39-21-19-30-8-3-4-10-35(30)45(39)47-42/h1-27H. The van der Waals surface area contributed by atoms with Crippen LogP contribution in [0.1, 0.15) is 0 Å². The molecule has 0 aliphatic heterocycles. The van der Waals surface area contributed by atoms with E-state index < -0.39 is 0 Å². The third-order valence-electron chi connectivity index (χ3n) is 9.73.